The molecule has 0 amide bonds. The fourth-order valence-electron chi connectivity index (χ4n) is 2.79. The minimum Gasteiger partial charge on any atom is -0.478 e. The maximum absolute atomic E-state index is 13.2. The molecule has 1 unspecified atom stereocenters. The maximum atomic E-state index is 13.2. The van der Waals surface area contributed by atoms with E-state index in [0.29, 0.717) is 18.3 Å². The summed E-state index contributed by atoms with van der Waals surface area (Å²) in [5.41, 5.74) is 1.16. The number of pyridine rings is 1. The summed E-state index contributed by atoms with van der Waals surface area (Å²) >= 11 is 0. The minimum absolute atomic E-state index is 0.0799. The normalized spacial score (nSPS) is 18.0. The van der Waals surface area contributed by atoms with E-state index < -0.39 is 11.8 Å². The Kier molecular flexibility index (Phi) is 3.56. The zero-order valence-electron chi connectivity index (χ0n) is 11.4. The summed E-state index contributed by atoms with van der Waals surface area (Å²) in [4.78, 5) is 17.1. The zero-order chi connectivity index (χ0) is 14.8. The van der Waals surface area contributed by atoms with E-state index in [9.17, 15) is 14.3 Å². The molecule has 1 aromatic carbocycles. The van der Waals surface area contributed by atoms with Crippen LogP contribution in [0.25, 0.3) is 0 Å². The Hall–Kier alpha value is -2.43. The highest BCUT2D eigenvalue weighted by atomic mass is 19.1. The highest BCUT2D eigenvalue weighted by Gasteiger charge is 2.27. The van der Waals surface area contributed by atoms with E-state index in [1.165, 1.54) is 5.56 Å². The molecule has 1 aliphatic rings. The third kappa shape index (κ3) is 2.72. The third-order valence-electron chi connectivity index (χ3n) is 3.82. The number of aromatic nitrogens is 1. The predicted molar refractivity (Wildman–Crippen MR) is 77.2 cm³/mol. The van der Waals surface area contributed by atoms with E-state index in [4.69, 9.17) is 0 Å². The van der Waals surface area contributed by atoms with Crippen LogP contribution >= 0.6 is 0 Å². The molecule has 1 N–H and O–H groups in total. The van der Waals surface area contributed by atoms with Gasteiger partial charge in [-0.05, 0) is 18.1 Å². The summed E-state index contributed by atoms with van der Waals surface area (Å²) < 4.78 is 13.2. The number of benzene rings is 1. The average Bonchev–Trinajstić information content (AvgIpc) is 2.97. The molecule has 0 spiro atoms. The van der Waals surface area contributed by atoms with Crippen molar-refractivity contribution in [2.45, 2.75) is 12.3 Å². The first-order valence-corrected chi connectivity index (χ1v) is 6.84. The Morgan fingerprint density at radius 3 is 2.81 bits per heavy atom. The summed E-state index contributed by atoms with van der Waals surface area (Å²) in [6.07, 6.45) is 2.00. The number of nitrogens with zero attached hydrogens (tertiary/aromatic N) is 2. The van der Waals surface area contributed by atoms with Crippen molar-refractivity contribution in [2.75, 3.05) is 18.0 Å². The van der Waals surface area contributed by atoms with Gasteiger partial charge in [-0.3, -0.25) is 0 Å². The van der Waals surface area contributed by atoms with Gasteiger partial charge in [0.05, 0.1) is 6.20 Å². The highest BCUT2D eigenvalue weighted by molar-refractivity contribution is 5.93. The van der Waals surface area contributed by atoms with E-state index in [1.54, 1.807) is 0 Å². The van der Waals surface area contributed by atoms with Gasteiger partial charge in [0.2, 0.25) is 0 Å². The molecule has 2 heterocycles. The van der Waals surface area contributed by atoms with Crippen LogP contribution in [0.4, 0.5) is 10.2 Å². The molecule has 1 aliphatic heterocycles. The van der Waals surface area contributed by atoms with Crippen molar-refractivity contribution >= 4 is 11.8 Å². The van der Waals surface area contributed by atoms with Crippen LogP contribution in [-0.2, 0) is 0 Å². The van der Waals surface area contributed by atoms with Crippen LogP contribution in [0.1, 0.15) is 28.3 Å². The van der Waals surface area contributed by atoms with Crippen molar-refractivity contribution in [2.24, 2.45) is 0 Å². The minimum atomic E-state index is -1.15. The molecule has 1 aromatic heterocycles. The first kappa shape index (κ1) is 13.5. The summed E-state index contributed by atoms with van der Waals surface area (Å²) in [7, 11) is 0. The van der Waals surface area contributed by atoms with Crippen molar-refractivity contribution in [3.05, 3.63) is 59.5 Å². The third-order valence-corrected chi connectivity index (χ3v) is 3.82. The lowest BCUT2D eigenvalue weighted by atomic mass is 9.99. The van der Waals surface area contributed by atoms with E-state index in [1.807, 2.05) is 23.1 Å². The molecule has 2 aromatic rings. The molecule has 4 nitrogen and oxygen atoms in total. The Morgan fingerprint density at radius 1 is 1.33 bits per heavy atom. The fraction of sp³-hybridized carbons (Fsp3) is 0.250. The molecule has 0 aliphatic carbocycles. The Labute approximate surface area is 121 Å². The lowest BCUT2D eigenvalue weighted by molar-refractivity contribution is 0.0696. The molecule has 3 rings (SSSR count). The summed E-state index contributed by atoms with van der Waals surface area (Å²) in [5.74, 6) is -1.09. The Bertz CT molecular complexity index is 661. The van der Waals surface area contributed by atoms with Gasteiger partial charge in [-0.25, -0.2) is 14.2 Å². The lowest BCUT2D eigenvalue weighted by Crippen LogP contribution is -2.23. The van der Waals surface area contributed by atoms with Gasteiger partial charge >= 0.3 is 5.97 Å². The standard InChI is InChI=1S/C16H15FN2O2/c17-13-8-14(16(20)21)15(18-9-13)19-7-6-12(10-19)11-4-2-1-3-5-11/h1-5,8-9,12H,6-7,10H2,(H,20,21). The van der Waals surface area contributed by atoms with Crippen molar-refractivity contribution in [1.29, 1.82) is 0 Å². The predicted octanol–water partition coefficient (Wildman–Crippen LogP) is 2.91. The molecule has 0 saturated carbocycles. The van der Waals surface area contributed by atoms with Crippen LogP contribution in [0.3, 0.4) is 0 Å². The number of anilines is 1. The van der Waals surface area contributed by atoms with Crippen LogP contribution in [-0.4, -0.2) is 29.1 Å². The first-order valence-electron chi connectivity index (χ1n) is 6.84. The van der Waals surface area contributed by atoms with Gasteiger partial charge in [-0.1, -0.05) is 30.3 Å². The number of carboxylic acid groups (broad SMARTS) is 1. The number of carboxylic acids is 1. The number of halogens is 1. The number of hydrogen-bond donors (Lipinski definition) is 1. The van der Waals surface area contributed by atoms with Gasteiger partial charge in [-0.15, -0.1) is 0 Å². The molecule has 1 atom stereocenters. The van der Waals surface area contributed by atoms with Crippen LogP contribution < -0.4 is 4.90 Å². The van der Waals surface area contributed by atoms with Gasteiger partial charge in [0.15, 0.2) is 0 Å². The van der Waals surface area contributed by atoms with Gasteiger partial charge in [0.25, 0.3) is 0 Å². The number of rotatable bonds is 3. The Morgan fingerprint density at radius 2 is 2.10 bits per heavy atom. The smallest absolute Gasteiger partial charge is 0.339 e. The van der Waals surface area contributed by atoms with Crippen molar-refractivity contribution in [1.82, 2.24) is 4.98 Å². The lowest BCUT2D eigenvalue weighted by Gasteiger charge is -2.19. The molecule has 21 heavy (non-hydrogen) atoms. The average molecular weight is 286 g/mol. The molecule has 0 radical (unpaired) electrons. The van der Waals surface area contributed by atoms with E-state index >= 15 is 0 Å². The van der Waals surface area contributed by atoms with Gasteiger partial charge in [-0.2, -0.15) is 0 Å². The first-order chi connectivity index (χ1) is 10.1. The van der Waals surface area contributed by atoms with Crippen molar-refractivity contribution in [3.63, 3.8) is 0 Å². The zero-order valence-corrected chi connectivity index (χ0v) is 11.4. The second-order valence-electron chi connectivity index (χ2n) is 5.17. The molecule has 1 saturated heterocycles. The van der Waals surface area contributed by atoms with Crippen molar-refractivity contribution in [3.8, 4) is 0 Å². The SMILES string of the molecule is O=C(O)c1cc(F)cnc1N1CCC(c2ccccc2)C1. The van der Waals surface area contributed by atoms with Crippen LogP contribution in [0.5, 0.6) is 0 Å². The summed E-state index contributed by atoms with van der Waals surface area (Å²) in [5, 5.41) is 9.20. The fourth-order valence-corrected chi connectivity index (χ4v) is 2.79. The molecule has 108 valence electrons. The van der Waals surface area contributed by atoms with Crippen LogP contribution in [0.15, 0.2) is 42.6 Å². The van der Waals surface area contributed by atoms with Crippen LogP contribution in [0.2, 0.25) is 0 Å². The highest BCUT2D eigenvalue weighted by Crippen LogP contribution is 2.31. The maximum Gasteiger partial charge on any atom is 0.339 e. The van der Waals surface area contributed by atoms with E-state index in [0.717, 1.165) is 25.2 Å². The topological polar surface area (TPSA) is 53.4 Å². The van der Waals surface area contributed by atoms with Gasteiger partial charge in [0, 0.05) is 19.0 Å². The monoisotopic (exact) mass is 286 g/mol. The second kappa shape index (κ2) is 5.52. The second-order valence-corrected chi connectivity index (χ2v) is 5.17. The summed E-state index contributed by atoms with van der Waals surface area (Å²) in [6.45, 7) is 1.42. The van der Waals surface area contributed by atoms with E-state index in [-0.39, 0.29) is 5.56 Å². The van der Waals surface area contributed by atoms with Gasteiger partial charge < -0.3 is 10.0 Å². The Balaban J connectivity index is 1.85. The van der Waals surface area contributed by atoms with Crippen molar-refractivity contribution < 1.29 is 14.3 Å². The number of aromatic carboxylic acids is 1. The molecule has 1 fully saturated rings. The quantitative estimate of drug-likeness (QED) is 0.942. The molecule has 5 heteroatoms. The molecular formula is C16H15FN2O2. The van der Waals surface area contributed by atoms with Gasteiger partial charge in [0.1, 0.15) is 17.2 Å². The summed E-state index contributed by atoms with van der Waals surface area (Å²) in [6, 6.07) is 11.1. The van der Waals surface area contributed by atoms with E-state index in [2.05, 4.69) is 17.1 Å². The largest absolute Gasteiger partial charge is 0.478 e. The number of hydrogen-bond acceptors (Lipinski definition) is 3. The molecule has 0 bridgehead atoms. The molecular weight excluding hydrogens is 271 g/mol. The number of carbonyl (C=O) groups is 1. The van der Waals surface area contributed by atoms with Crippen LogP contribution in [0, 0.1) is 5.82 Å².